The molecule has 0 unspecified atom stereocenters. The van der Waals surface area contributed by atoms with E-state index in [4.69, 9.17) is 9.84 Å². The number of amides is 1. The van der Waals surface area contributed by atoms with Gasteiger partial charge in [0.05, 0.1) is 12.1 Å². The minimum atomic E-state index is -0.941. The molecule has 0 spiro atoms. The molecule has 0 aromatic heterocycles. The molecule has 102 valence electrons. The van der Waals surface area contributed by atoms with Crippen LogP contribution < -0.4 is 5.32 Å². The van der Waals surface area contributed by atoms with Crippen molar-refractivity contribution >= 4 is 11.9 Å². The largest absolute Gasteiger partial charge is 0.480 e. The van der Waals surface area contributed by atoms with E-state index in [-0.39, 0.29) is 24.7 Å². The summed E-state index contributed by atoms with van der Waals surface area (Å²) in [5.41, 5.74) is 0. The maximum absolute atomic E-state index is 12.1. The van der Waals surface area contributed by atoms with Crippen LogP contribution in [0.5, 0.6) is 0 Å². The third kappa shape index (κ3) is 3.43. The van der Waals surface area contributed by atoms with Gasteiger partial charge in [-0.3, -0.25) is 4.79 Å². The van der Waals surface area contributed by atoms with Crippen LogP contribution in [0, 0.1) is 0 Å². The number of rotatable bonds is 4. The lowest BCUT2D eigenvalue weighted by Gasteiger charge is -2.33. The molecule has 1 atom stereocenters. The van der Waals surface area contributed by atoms with Gasteiger partial charge in [-0.25, -0.2) is 4.79 Å². The van der Waals surface area contributed by atoms with E-state index in [2.05, 4.69) is 5.32 Å². The van der Waals surface area contributed by atoms with Crippen molar-refractivity contribution in [1.82, 2.24) is 10.2 Å². The number of likely N-dealkylation sites (tertiary alicyclic amines) is 1. The van der Waals surface area contributed by atoms with Crippen molar-refractivity contribution in [3.63, 3.8) is 0 Å². The van der Waals surface area contributed by atoms with Crippen molar-refractivity contribution < 1.29 is 19.4 Å². The third-order valence-corrected chi connectivity index (χ3v) is 3.55. The van der Waals surface area contributed by atoms with Crippen molar-refractivity contribution in [3.05, 3.63) is 0 Å². The Morgan fingerprint density at radius 1 is 1.28 bits per heavy atom. The molecule has 0 aromatic rings. The first-order valence-electron chi connectivity index (χ1n) is 6.52. The second kappa shape index (κ2) is 6.15. The number of nitrogens with zero attached hydrogens (tertiary/aromatic N) is 1. The molecule has 2 aliphatic heterocycles. The third-order valence-electron chi connectivity index (χ3n) is 3.55. The lowest BCUT2D eigenvalue weighted by Crippen LogP contribution is -2.48. The molecule has 2 fully saturated rings. The predicted octanol–water partition coefficient (Wildman–Crippen LogP) is -0.169. The van der Waals surface area contributed by atoms with Crippen LogP contribution in [0.2, 0.25) is 0 Å². The van der Waals surface area contributed by atoms with Crippen LogP contribution in [-0.4, -0.2) is 60.3 Å². The van der Waals surface area contributed by atoms with Crippen molar-refractivity contribution in [1.29, 1.82) is 0 Å². The first kappa shape index (κ1) is 13.3. The van der Waals surface area contributed by atoms with Gasteiger partial charge in [0, 0.05) is 13.1 Å². The molecule has 2 saturated heterocycles. The smallest absolute Gasteiger partial charge is 0.329 e. The summed E-state index contributed by atoms with van der Waals surface area (Å²) in [6.45, 7) is 2.01. The van der Waals surface area contributed by atoms with E-state index in [1.54, 1.807) is 0 Å². The second-order valence-corrected chi connectivity index (χ2v) is 4.88. The fourth-order valence-electron chi connectivity index (χ4n) is 2.55. The topological polar surface area (TPSA) is 78.9 Å². The summed E-state index contributed by atoms with van der Waals surface area (Å²) in [6, 6.07) is -0.0125. The Kier molecular flexibility index (Phi) is 4.54. The lowest BCUT2D eigenvalue weighted by atomic mass is 10.1. The molecule has 6 heteroatoms. The Morgan fingerprint density at radius 3 is 2.56 bits per heavy atom. The number of ether oxygens (including phenoxy) is 1. The molecule has 0 bridgehead atoms. The highest BCUT2D eigenvalue weighted by Gasteiger charge is 2.30. The lowest BCUT2D eigenvalue weighted by molar-refractivity contribution is -0.147. The molecule has 2 heterocycles. The van der Waals surface area contributed by atoms with Crippen molar-refractivity contribution in [3.8, 4) is 0 Å². The number of piperidine rings is 1. The van der Waals surface area contributed by atoms with Gasteiger partial charge >= 0.3 is 5.97 Å². The van der Waals surface area contributed by atoms with Gasteiger partial charge in [0.25, 0.3) is 0 Å². The number of carbonyl (C=O) groups is 2. The summed E-state index contributed by atoms with van der Waals surface area (Å²) in [5, 5.41) is 11.7. The highest BCUT2D eigenvalue weighted by Crippen LogP contribution is 2.16. The minimum absolute atomic E-state index is 0.0125. The normalized spacial score (nSPS) is 25.3. The summed E-state index contributed by atoms with van der Waals surface area (Å²) in [7, 11) is 0. The maximum atomic E-state index is 12.1. The van der Waals surface area contributed by atoms with Crippen LogP contribution in [0.15, 0.2) is 0 Å². The molecule has 0 saturated carbocycles. The summed E-state index contributed by atoms with van der Waals surface area (Å²) < 4.78 is 5.24. The summed E-state index contributed by atoms with van der Waals surface area (Å²) in [5.74, 6) is -0.757. The molecule has 2 aliphatic rings. The SMILES string of the molecule is O=C(O)COC1CCN(C(=O)[C@H]2CCCN2)CC1. The highest BCUT2D eigenvalue weighted by molar-refractivity contribution is 5.82. The van der Waals surface area contributed by atoms with E-state index in [0.29, 0.717) is 13.1 Å². The van der Waals surface area contributed by atoms with Crippen LogP contribution >= 0.6 is 0 Å². The Hall–Kier alpha value is -1.14. The standard InChI is InChI=1S/C12H20N2O4/c15-11(16)8-18-9-3-6-14(7-4-9)12(17)10-2-1-5-13-10/h9-10,13H,1-8H2,(H,15,16)/t10-/m1/s1. The average molecular weight is 256 g/mol. The molecule has 6 nitrogen and oxygen atoms in total. The van der Waals surface area contributed by atoms with Crippen molar-refractivity contribution in [2.24, 2.45) is 0 Å². The number of hydrogen-bond donors (Lipinski definition) is 2. The number of carboxylic acid groups (broad SMARTS) is 1. The van der Waals surface area contributed by atoms with Crippen LogP contribution in [0.4, 0.5) is 0 Å². The predicted molar refractivity (Wildman–Crippen MR) is 64.2 cm³/mol. The van der Waals surface area contributed by atoms with Gasteiger partial charge in [-0.05, 0) is 32.2 Å². The van der Waals surface area contributed by atoms with Gasteiger partial charge in [0.1, 0.15) is 6.61 Å². The molecule has 1 amide bonds. The first-order valence-corrected chi connectivity index (χ1v) is 6.52. The molecule has 0 aromatic carbocycles. The Bertz CT molecular complexity index is 307. The van der Waals surface area contributed by atoms with Crippen LogP contribution in [-0.2, 0) is 14.3 Å². The summed E-state index contributed by atoms with van der Waals surface area (Å²) in [6.07, 6.45) is 3.42. The monoisotopic (exact) mass is 256 g/mol. The fourth-order valence-corrected chi connectivity index (χ4v) is 2.55. The van der Waals surface area contributed by atoms with Gasteiger partial charge in [0.15, 0.2) is 0 Å². The molecule has 18 heavy (non-hydrogen) atoms. The van der Waals surface area contributed by atoms with E-state index >= 15 is 0 Å². The maximum Gasteiger partial charge on any atom is 0.329 e. The number of aliphatic carboxylic acids is 1. The molecule has 2 rings (SSSR count). The first-order chi connectivity index (χ1) is 8.66. The van der Waals surface area contributed by atoms with Crippen molar-refractivity contribution in [2.45, 2.75) is 37.8 Å². The number of carbonyl (C=O) groups excluding carboxylic acids is 1. The Balaban J connectivity index is 1.72. The number of hydrogen-bond acceptors (Lipinski definition) is 4. The summed E-state index contributed by atoms with van der Waals surface area (Å²) in [4.78, 5) is 24.4. The molecule has 0 aliphatic carbocycles. The zero-order valence-corrected chi connectivity index (χ0v) is 10.4. The van der Waals surface area contributed by atoms with Crippen molar-refractivity contribution in [2.75, 3.05) is 26.2 Å². The van der Waals surface area contributed by atoms with Crippen LogP contribution in [0.1, 0.15) is 25.7 Å². The molecule has 2 N–H and O–H groups in total. The van der Waals surface area contributed by atoms with E-state index in [1.165, 1.54) is 0 Å². The van der Waals surface area contributed by atoms with Crippen LogP contribution in [0.3, 0.4) is 0 Å². The minimum Gasteiger partial charge on any atom is -0.480 e. The number of carboxylic acids is 1. The van der Waals surface area contributed by atoms with Gasteiger partial charge in [-0.2, -0.15) is 0 Å². The molecule has 0 radical (unpaired) electrons. The van der Waals surface area contributed by atoms with E-state index in [9.17, 15) is 9.59 Å². The van der Waals surface area contributed by atoms with E-state index < -0.39 is 5.97 Å². The van der Waals surface area contributed by atoms with Gasteiger partial charge < -0.3 is 20.1 Å². The quantitative estimate of drug-likeness (QED) is 0.730. The fraction of sp³-hybridized carbons (Fsp3) is 0.833. The molecular weight excluding hydrogens is 236 g/mol. The highest BCUT2D eigenvalue weighted by atomic mass is 16.5. The van der Waals surface area contributed by atoms with Gasteiger partial charge in [0.2, 0.25) is 5.91 Å². The van der Waals surface area contributed by atoms with Gasteiger partial charge in [-0.1, -0.05) is 0 Å². The second-order valence-electron chi connectivity index (χ2n) is 4.88. The number of nitrogens with one attached hydrogen (secondary N) is 1. The summed E-state index contributed by atoms with van der Waals surface area (Å²) >= 11 is 0. The average Bonchev–Trinajstić information content (AvgIpc) is 2.90. The zero-order chi connectivity index (χ0) is 13.0. The Morgan fingerprint density at radius 2 is 2.00 bits per heavy atom. The zero-order valence-electron chi connectivity index (χ0n) is 10.4. The Labute approximate surface area is 106 Å². The van der Waals surface area contributed by atoms with E-state index in [1.807, 2.05) is 4.90 Å². The van der Waals surface area contributed by atoms with E-state index in [0.717, 1.165) is 32.2 Å². The van der Waals surface area contributed by atoms with Gasteiger partial charge in [-0.15, -0.1) is 0 Å². The van der Waals surface area contributed by atoms with Crippen LogP contribution in [0.25, 0.3) is 0 Å². The molecular formula is C12H20N2O4.